The van der Waals surface area contributed by atoms with Gasteiger partial charge < -0.3 is 5.32 Å². The fourth-order valence-electron chi connectivity index (χ4n) is 4.21. The highest BCUT2D eigenvalue weighted by atomic mass is 14.8. The van der Waals surface area contributed by atoms with Crippen molar-refractivity contribution in [1.82, 2.24) is 5.32 Å². The average molecular weight is 341 g/mol. The molecule has 0 saturated heterocycles. The summed E-state index contributed by atoms with van der Waals surface area (Å²) in [6.45, 7) is 2.27. The Balaban J connectivity index is 1.82. The molecule has 0 radical (unpaired) electrons. The number of aryl methyl sites for hydroxylation is 3. The van der Waals surface area contributed by atoms with Crippen LogP contribution in [0.25, 0.3) is 23.0 Å². The number of hydrogen-bond donors (Lipinski definition) is 1. The first-order valence-electron chi connectivity index (χ1n) is 9.73. The van der Waals surface area contributed by atoms with Crippen LogP contribution in [0.3, 0.4) is 0 Å². The molecule has 0 saturated carbocycles. The van der Waals surface area contributed by atoms with E-state index in [1.54, 1.807) is 11.1 Å². The summed E-state index contributed by atoms with van der Waals surface area (Å²) in [4.78, 5) is 0. The van der Waals surface area contributed by atoms with Gasteiger partial charge in [0.25, 0.3) is 0 Å². The monoisotopic (exact) mass is 341 g/mol. The first-order chi connectivity index (χ1) is 12.8. The summed E-state index contributed by atoms with van der Waals surface area (Å²) in [5.74, 6) is 0. The zero-order chi connectivity index (χ0) is 17.9. The topological polar surface area (TPSA) is 12.0 Å². The smallest absolute Gasteiger partial charge is 0.00413 e. The van der Waals surface area contributed by atoms with Crippen molar-refractivity contribution in [3.8, 4) is 0 Å². The van der Waals surface area contributed by atoms with Crippen LogP contribution in [0.5, 0.6) is 0 Å². The van der Waals surface area contributed by atoms with Gasteiger partial charge in [0, 0.05) is 13.2 Å². The second kappa shape index (κ2) is 7.37. The maximum atomic E-state index is 3.19. The molecule has 1 nitrogen and oxygen atoms in total. The molecule has 26 heavy (non-hydrogen) atoms. The second-order valence-corrected chi connectivity index (χ2v) is 7.39. The van der Waals surface area contributed by atoms with Gasteiger partial charge in [-0.1, -0.05) is 54.6 Å². The van der Waals surface area contributed by atoms with Crippen LogP contribution in [0.4, 0.5) is 0 Å². The molecule has 0 aromatic heterocycles. The lowest BCUT2D eigenvalue weighted by Crippen LogP contribution is -2.27. The van der Waals surface area contributed by atoms with Crippen LogP contribution in [-0.2, 0) is 19.3 Å². The van der Waals surface area contributed by atoms with Gasteiger partial charge >= 0.3 is 0 Å². The molecule has 1 aliphatic rings. The molecule has 0 amide bonds. The molecule has 1 N–H and O–H groups in total. The Hall–Kier alpha value is -2.54. The predicted molar refractivity (Wildman–Crippen MR) is 113 cm³/mol. The molecule has 3 aromatic rings. The van der Waals surface area contributed by atoms with Gasteiger partial charge in [-0.05, 0) is 82.5 Å². The fourth-order valence-corrected chi connectivity index (χ4v) is 4.21. The van der Waals surface area contributed by atoms with Crippen molar-refractivity contribution in [2.45, 2.75) is 39.0 Å². The lowest BCUT2D eigenvalue weighted by Gasteiger charge is -2.18. The first kappa shape index (κ1) is 16.9. The molecular formula is C25H27N. The van der Waals surface area contributed by atoms with Crippen molar-refractivity contribution in [2.75, 3.05) is 7.05 Å². The van der Waals surface area contributed by atoms with E-state index < -0.39 is 0 Å². The molecule has 0 fully saturated rings. The quantitative estimate of drug-likeness (QED) is 0.759. The lowest BCUT2D eigenvalue weighted by molar-refractivity contribution is 0.684. The van der Waals surface area contributed by atoms with Crippen molar-refractivity contribution < 1.29 is 0 Å². The SMILES string of the molecule is CN/C=c1/ccc2ccccc2/c1=C/Cc1cc2c(cc1C)CCCC2. The second-order valence-electron chi connectivity index (χ2n) is 7.39. The summed E-state index contributed by atoms with van der Waals surface area (Å²) < 4.78 is 0. The van der Waals surface area contributed by atoms with Gasteiger partial charge in [-0.3, -0.25) is 0 Å². The summed E-state index contributed by atoms with van der Waals surface area (Å²) in [6.07, 6.45) is 10.7. The Morgan fingerprint density at radius 3 is 2.54 bits per heavy atom. The Morgan fingerprint density at radius 1 is 0.962 bits per heavy atom. The molecule has 0 aliphatic heterocycles. The summed E-state index contributed by atoms with van der Waals surface area (Å²) in [5.41, 5.74) is 6.05. The molecule has 4 rings (SSSR count). The highest BCUT2D eigenvalue weighted by molar-refractivity contribution is 5.83. The molecule has 0 spiro atoms. The van der Waals surface area contributed by atoms with Gasteiger partial charge in [0.15, 0.2) is 0 Å². The number of rotatable bonds is 3. The van der Waals surface area contributed by atoms with Crippen LogP contribution in [0, 0.1) is 6.92 Å². The Bertz CT molecular complexity index is 1060. The number of benzene rings is 3. The van der Waals surface area contributed by atoms with Crippen molar-refractivity contribution in [3.05, 3.63) is 81.2 Å². The molecule has 1 heteroatoms. The van der Waals surface area contributed by atoms with E-state index in [9.17, 15) is 0 Å². The molecule has 3 aromatic carbocycles. The maximum Gasteiger partial charge on any atom is 0.00413 e. The number of nitrogens with one attached hydrogen (secondary N) is 1. The maximum absolute atomic E-state index is 3.19. The van der Waals surface area contributed by atoms with Gasteiger partial charge in [0.2, 0.25) is 0 Å². The minimum Gasteiger partial charge on any atom is -0.393 e. The molecule has 132 valence electrons. The van der Waals surface area contributed by atoms with Crippen LogP contribution in [0.2, 0.25) is 0 Å². The number of fused-ring (bicyclic) bond motifs is 2. The van der Waals surface area contributed by atoms with Crippen LogP contribution in [0.15, 0.2) is 48.5 Å². The normalized spacial score (nSPS) is 15.3. The Kier molecular flexibility index (Phi) is 4.79. The third kappa shape index (κ3) is 3.26. The van der Waals surface area contributed by atoms with Crippen LogP contribution < -0.4 is 15.8 Å². The van der Waals surface area contributed by atoms with Crippen LogP contribution >= 0.6 is 0 Å². The summed E-state index contributed by atoms with van der Waals surface area (Å²) in [5, 5.41) is 8.40. The third-order valence-corrected chi connectivity index (χ3v) is 5.63. The molecular weight excluding hydrogens is 314 g/mol. The molecule has 0 atom stereocenters. The van der Waals surface area contributed by atoms with Crippen molar-refractivity contribution in [3.63, 3.8) is 0 Å². The molecule has 0 unspecified atom stereocenters. The van der Waals surface area contributed by atoms with Crippen molar-refractivity contribution in [2.24, 2.45) is 0 Å². The summed E-state index contributed by atoms with van der Waals surface area (Å²) in [7, 11) is 1.96. The fraction of sp³-hybridized carbons (Fsp3) is 0.280. The Morgan fingerprint density at radius 2 is 1.73 bits per heavy atom. The molecule has 0 bridgehead atoms. The zero-order valence-corrected chi connectivity index (χ0v) is 15.8. The molecule has 0 heterocycles. The lowest BCUT2D eigenvalue weighted by atomic mass is 9.87. The number of hydrogen-bond acceptors (Lipinski definition) is 1. The van der Waals surface area contributed by atoms with Gasteiger partial charge in [0.1, 0.15) is 0 Å². The van der Waals surface area contributed by atoms with E-state index in [-0.39, 0.29) is 0 Å². The molecule has 1 aliphatic carbocycles. The average Bonchev–Trinajstić information content (AvgIpc) is 2.67. The van der Waals surface area contributed by atoms with E-state index in [1.165, 1.54) is 58.0 Å². The van der Waals surface area contributed by atoms with E-state index in [0.717, 1.165) is 6.42 Å². The van der Waals surface area contributed by atoms with E-state index >= 15 is 0 Å². The minimum atomic E-state index is 0.984. The van der Waals surface area contributed by atoms with Crippen LogP contribution in [-0.4, -0.2) is 7.05 Å². The van der Waals surface area contributed by atoms with Gasteiger partial charge in [-0.15, -0.1) is 0 Å². The standard InChI is InChI=1S/C25H27N/c1-18-15-21-8-3-4-9-22(21)16-20(18)13-14-25-23(17-26-2)12-11-19-7-5-6-10-24(19)25/h5-7,10-12,14-17,26H,3-4,8-9,13H2,1-2H3/b23-17-,25-14+. The van der Waals surface area contributed by atoms with E-state index in [2.05, 4.69) is 73.0 Å². The van der Waals surface area contributed by atoms with Crippen molar-refractivity contribution in [1.29, 1.82) is 0 Å². The highest BCUT2D eigenvalue weighted by Crippen LogP contribution is 2.25. The van der Waals surface area contributed by atoms with Crippen molar-refractivity contribution >= 4 is 23.0 Å². The minimum absolute atomic E-state index is 0.984. The summed E-state index contributed by atoms with van der Waals surface area (Å²) >= 11 is 0. The van der Waals surface area contributed by atoms with Gasteiger partial charge in [-0.2, -0.15) is 0 Å². The zero-order valence-electron chi connectivity index (χ0n) is 15.8. The predicted octanol–water partition coefficient (Wildman–Crippen LogP) is 4.01. The largest absolute Gasteiger partial charge is 0.393 e. The van der Waals surface area contributed by atoms with E-state index in [0.29, 0.717) is 0 Å². The van der Waals surface area contributed by atoms with Crippen LogP contribution in [0.1, 0.15) is 35.1 Å². The van der Waals surface area contributed by atoms with E-state index in [1.807, 2.05) is 7.05 Å². The van der Waals surface area contributed by atoms with Gasteiger partial charge in [0.05, 0.1) is 0 Å². The third-order valence-electron chi connectivity index (χ3n) is 5.63. The first-order valence-corrected chi connectivity index (χ1v) is 9.73. The highest BCUT2D eigenvalue weighted by Gasteiger charge is 2.11. The van der Waals surface area contributed by atoms with E-state index in [4.69, 9.17) is 0 Å². The summed E-state index contributed by atoms with van der Waals surface area (Å²) in [6, 6.07) is 18.0. The Labute approximate surface area is 156 Å². The van der Waals surface area contributed by atoms with Gasteiger partial charge in [-0.25, -0.2) is 0 Å².